The Morgan fingerprint density at radius 1 is 0.933 bits per heavy atom. The summed E-state index contributed by atoms with van der Waals surface area (Å²) in [6.07, 6.45) is 0. The summed E-state index contributed by atoms with van der Waals surface area (Å²) in [5, 5.41) is 9.97. The van der Waals surface area contributed by atoms with E-state index in [1.807, 2.05) is 44.2 Å². The van der Waals surface area contributed by atoms with Crippen molar-refractivity contribution in [2.75, 3.05) is 4.90 Å². The van der Waals surface area contributed by atoms with Crippen LogP contribution in [-0.4, -0.2) is 31.9 Å². The first kappa shape index (κ1) is 19.9. The van der Waals surface area contributed by atoms with Crippen molar-refractivity contribution in [3.8, 4) is 5.69 Å². The molecule has 0 spiro atoms. The van der Waals surface area contributed by atoms with Gasteiger partial charge < -0.3 is 10.0 Å². The van der Waals surface area contributed by atoms with Gasteiger partial charge in [-0.05, 0) is 46.8 Å². The van der Waals surface area contributed by atoms with E-state index < -0.39 is 11.5 Å². The van der Waals surface area contributed by atoms with Crippen molar-refractivity contribution in [3.05, 3.63) is 77.4 Å². The zero-order chi connectivity index (χ0) is 21.8. The molecule has 1 N–H and O–H groups in total. The lowest BCUT2D eigenvalue weighted by molar-refractivity contribution is 0.0687. The molecule has 0 atom stereocenters. The van der Waals surface area contributed by atoms with Gasteiger partial charge in [0.2, 0.25) is 5.78 Å². The summed E-state index contributed by atoms with van der Waals surface area (Å²) >= 11 is 0. The van der Waals surface area contributed by atoms with E-state index in [0.29, 0.717) is 11.3 Å². The van der Waals surface area contributed by atoms with Crippen LogP contribution < -0.4 is 4.90 Å². The number of hydrogen-bond acceptors (Lipinski definition) is 4. The number of anilines is 1. The van der Waals surface area contributed by atoms with Gasteiger partial charge >= 0.3 is 5.97 Å². The first-order valence-corrected chi connectivity index (χ1v) is 9.91. The van der Waals surface area contributed by atoms with Crippen molar-refractivity contribution in [1.29, 1.82) is 0 Å². The maximum atomic E-state index is 13.4. The Hall–Kier alpha value is -3.41. The van der Waals surface area contributed by atoms with E-state index in [9.17, 15) is 14.7 Å². The fraction of sp³-hybridized carbons (Fsp3) is 0.292. The van der Waals surface area contributed by atoms with Gasteiger partial charge in [0.25, 0.3) is 0 Å². The molecule has 1 aliphatic rings. The first-order chi connectivity index (χ1) is 14.0. The summed E-state index contributed by atoms with van der Waals surface area (Å²) < 4.78 is 1.73. The fourth-order valence-electron chi connectivity index (χ4n) is 4.69. The molecule has 2 aromatic carbocycles. The largest absolute Gasteiger partial charge is 0.476 e. The number of carboxylic acids is 1. The van der Waals surface area contributed by atoms with Crippen LogP contribution in [-0.2, 0) is 5.54 Å². The Bertz CT molecular complexity index is 1150. The molecular weight excluding hydrogens is 378 g/mol. The minimum absolute atomic E-state index is 0.0944. The zero-order valence-electron chi connectivity index (χ0n) is 17.8. The summed E-state index contributed by atoms with van der Waals surface area (Å²) in [5.41, 5.74) is 1.54. The number of carbonyl (C=O) groups excluding carboxylic acids is 1. The monoisotopic (exact) mass is 403 g/mol. The number of nitrogens with zero attached hydrogens (tertiary/aromatic N) is 3. The quantitative estimate of drug-likeness (QED) is 0.644. The molecule has 30 heavy (non-hydrogen) atoms. The van der Waals surface area contributed by atoms with Crippen molar-refractivity contribution in [3.63, 3.8) is 0 Å². The van der Waals surface area contributed by atoms with Crippen molar-refractivity contribution in [2.45, 2.75) is 45.7 Å². The summed E-state index contributed by atoms with van der Waals surface area (Å²) in [4.78, 5) is 32.1. The van der Waals surface area contributed by atoms with Crippen LogP contribution in [0, 0.1) is 0 Å². The number of fused-ring (bicyclic) bond motifs is 3. The topological polar surface area (TPSA) is 75.4 Å². The molecule has 2 heterocycles. The van der Waals surface area contributed by atoms with E-state index in [4.69, 9.17) is 0 Å². The molecule has 6 nitrogen and oxygen atoms in total. The second-order valence-corrected chi connectivity index (χ2v) is 9.02. The molecule has 0 radical (unpaired) electrons. The lowest BCUT2D eigenvalue weighted by Gasteiger charge is -2.52. The van der Waals surface area contributed by atoms with Crippen molar-refractivity contribution in [2.24, 2.45) is 0 Å². The lowest BCUT2D eigenvalue weighted by Crippen LogP contribution is -2.56. The molecule has 1 aromatic heterocycles. The van der Waals surface area contributed by atoms with E-state index in [2.05, 4.69) is 30.7 Å². The summed E-state index contributed by atoms with van der Waals surface area (Å²) in [7, 11) is 0. The van der Waals surface area contributed by atoms with E-state index in [1.54, 1.807) is 28.8 Å². The predicted octanol–water partition coefficient (Wildman–Crippen LogP) is 4.66. The predicted molar refractivity (Wildman–Crippen MR) is 116 cm³/mol. The molecule has 1 aliphatic heterocycles. The highest BCUT2D eigenvalue weighted by Gasteiger charge is 2.47. The summed E-state index contributed by atoms with van der Waals surface area (Å²) in [6.45, 7) is 10.2. The molecule has 0 aliphatic carbocycles. The van der Waals surface area contributed by atoms with Gasteiger partial charge in [0, 0.05) is 11.1 Å². The van der Waals surface area contributed by atoms with Crippen LogP contribution in [0.3, 0.4) is 0 Å². The molecule has 3 aromatic rings. The van der Waals surface area contributed by atoms with Crippen LogP contribution >= 0.6 is 0 Å². The maximum Gasteiger partial charge on any atom is 0.356 e. The van der Waals surface area contributed by atoms with E-state index in [1.165, 1.54) is 0 Å². The number of benzene rings is 2. The molecule has 0 saturated carbocycles. The van der Waals surface area contributed by atoms with Gasteiger partial charge in [-0.2, -0.15) is 0 Å². The zero-order valence-corrected chi connectivity index (χ0v) is 17.8. The molecule has 6 heteroatoms. The number of imidazole rings is 1. The van der Waals surface area contributed by atoms with Crippen molar-refractivity contribution in [1.82, 2.24) is 9.55 Å². The molecule has 154 valence electrons. The third-order valence-corrected chi connectivity index (χ3v) is 5.49. The van der Waals surface area contributed by atoms with E-state index in [0.717, 1.165) is 11.4 Å². The van der Waals surface area contributed by atoms with Crippen LogP contribution in [0.2, 0.25) is 0 Å². The van der Waals surface area contributed by atoms with Gasteiger partial charge in [0.1, 0.15) is 0 Å². The second kappa shape index (κ2) is 6.55. The average Bonchev–Trinajstić information content (AvgIpc) is 3.09. The summed E-state index contributed by atoms with van der Waals surface area (Å²) in [5.74, 6) is -1.34. The number of hydrogen-bond donors (Lipinski definition) is 1. The molecule has 0 unspecified atom stereocenters. The number of rotatable bonds is 3. The van der Waals surface area contributed by atoms with Gasteiger partial charge in [-0.15, -0.1) is 0 Å². The Kier molecular flexibility index (Phi) is 4.34. The SMILES string of the molecule is CC(C)(C)N1c2ccccc2-n2c(C(=O)c3ccccc3)nc(C(=O)O)c2C1(C)C. The molecular formula is C24H25N3O3. The standard InChI is InChI=1S/C24H25N3O3/c1-23(2,3)27-17-14-10-9-13-16(17)26-20(24(27,4)5)18(22(29)30)25-21(26)19(28)15-11-7-6-8-12-15/h6-14H,1-5H3,(H,29,30). The molecule has 0 bridgehead atoms. The molecule has 0 amide bonds. The highest BCUT2D eigenvalue weighted by molar-refractivity contribution is 6.08. The number of carbonyl (C=O) groups is 2. The number of aromatic carboxylic acids is 1. The Morgan fingerprint density at radius 2 is 1.50 bits per heavy atom. The smallest absolute Gasteiger partial charge is 0.356 e. The van der Waals surface area contributed by atoms with Gasteiger partial charge in [-0.1, -0.05) is 42.5 Å². The number of carboxylic acid groups (broad SMARTS) is 1. The lowest BCUT2D eigenvalue weighted by atomic mass is 9.86. The molecule has 4 rings (SSSR count). The Balaban J connectivity index is 2.09. The third-order valence-electron chi connectivity index (χ3n) is 5.49. The Labute approximate surface area is 175 Å². The van der Waals surface area contributed by atoms with E-state index >= 15 is 0 Å². The molecule has 0 fully saturated rings. The van der Waals surface area contributed by atoms with Crippen LogP contribution in [0.5, 0.6) is 0 Å². The number of para-hydroxylation sites is 2. The highest BCUT2D eigenvalue weighted by Crippen LogP contribution is 2.47. The number of aromatic nitrogens is 2. The second-order valence-electron chi connectivity index (χ2n) is 9.02. The van der Waals surface area contributed by atoms with Gasteiger partial charge in [-0.3, -0.25) is 9.36 Å². The van der Waals surface area contributed by atoms with Crippen molar-refractivity contribution >= 4 is 17.4 Å². The maximum absolute atomic E-state index is 13.4. The Morgan fingerprint density at radius 3 is 2.07 bits per heavy atom. The van der Waals surface area contributed by atoms with Crippen molar-refractivity contribution < 1.29 is 14.7 Å². The summed E-state index contributed by atoms with van der Waals surface area (Å²) in [6, 6.07) is 16.6. The van der Waals surface area contributed by atoms with E-state index in [-0.39, 0.29) is 22.8 Å². The highest BCUT2D eigenvalue weighted by atomic mass is 16.4. The number of ketones is 1. The third kappa shape index (κ3) is 2.83. The minimum atomic E-state index is -1.15. The van der Waals surface area contributed by atoms with Crippen LogP contribution in [0.1, 0.15) is 67.0 Å². The van der Waals surface area contributed by atoms with Crippen LogP contribution in [0.15, 0.2) is 54.6 Å². The fourth-order valence-corrected chi connectivity index (χ4v) is 4.69. The normalized spacial score (nSPS) is 14.8. The van der Waals surface area contributed by atoms with Gasteiger partial charge in [0.05, 0.1) is 22.6 Å². The van der Waals surface area contributed by atoms with Crippen LogP contribution in [0.25, 0.3) is 5.69 Å². The average molecular weight is 403 g/mol. The van der Waals surface area contributed by atoms with Gasteiger partial charge in [-0.25, -0.2) is 9.78 Å². The molecule has 0 saturated heterocycles. The van der Waals surface area contributed by atoms with Gasteiger partial charge in [0.15, 0.2) is 11.5 Å². The minimum Gasteiger partial charge on any atom is -0.476 e. The van der Waals surface area contributed by atoms with Crippen LogP contribution in [0.4, 0.5) is 5.69 Å². The first-order valence-electron chi connectivity index (χ1n) is 9.91.